The molecule has 1 N–H and O–H groups in total. The van der Waals surface area contributed by atoms with Crippen molar-refractivity contribution in [3.05, 3.63) is 42.0 Å². The molecular formula is C18H16N2O3. The maximum atomic E-state index is 12.7. The Labute approximate surface area is 133 Å². The molecule has 1 aliphatic heterocycles. The first-order valence-electron chi connectivity index (χ1n) is 8.02. The molecule has 116 valence electrons. The van der Waals surface area contributed by atoms with Gasteiger partial charge in [0.1, 0.15) is 5.75 Å². The van der Waals surface area contributed by atoms with Gasteiger partial charge in [-0.05, 0) is 42.2 Å². The molecule has 23 heavy (non-hydrogen) atoms. The Morgan fingerprint density at radius 3 is 2.26 bits per heavy atom. The van der Waals surface area contributed by atoms with E-state index in [9.17, 15) is 14.7 Å². The lowest BCUT2D eigenvalue weighted by molar-refractivity contribution is -0.141. The van der Waals surface area contributed by atoms with Crippen LogP contribution in [0.1, 0.15) is 18.4 Å². The number of allylic oxidation sites excluding steroid dienone is 2. The van der Waals surface area contributed by atoms with Crippen molar-refractivity contribution >= 4 is 18.0 Å². The predicted molar refractivity (Wildman–Crippen MR) is 82.3 cm³/mol. The van der Waals surface area contributed by atoms with Crippen molar-refractivity contribution in [2.24, 2.45) is 34.2 Å². The summed E-state index contributed by atoms with van der Waals surface area (Å²) < 4.78 is 0. The second-order valence-electron chi connectivity index (χ2n) is 7.01. The molecular weight excluding hydrogens is 292 g/mol. The van der Waals surface area contributed by atoms with E-state index in [-0.39, 0.29) is 46.7 Å². The lowest BCUT2D eigenvalue weighted by atomic mass is 9.85. The minimum Gasteiger partial charge on any atom is -0.507 e. The minimum atomic E-state index is -0.235. The van der Waals surface area contributed by atoms with Gasteiger partial charge in [-0.1, -0.05) is 24.3 Å². The number of rotatable bonds is 2. The van der Waals surface area contributed by atoms with Gasteiger partial charge >= 0.3 is 0 Å². The van der Waals surface area contributed by atoms with Crippen LogP contribution in [0, 0.1) is 29.1 Å². The summed E-state index contributed by atoms with van der Waals surface area (Å²) in [5.74, 6) is -0.347. The van der Waals surface area contributed by atoms with Gasteiger partial charge in [-0.2, -0.15) is 10.1 Å². The highest BCUT2D eigenvalue weighted by atomic mass is 16.3. The molecule has 0 radical (unpaired) electrons. The highest BCUT2D eigenvalue weighted by Crippen LogP contribution is 2.73. The molecule has 5 nitrogen and oxygen atoms in total. The monoisotopic (exact) mass is 308 g/mol. The van der Waals surface area contributed by atoms with E-state index in [1.165, 1.54) is 6.21 Å². The van der Waals surface area contributed by atoms with Gasteiger partial charge in [0, 0.05) is 5.56 Å². The Morgan fingerprint density at radius 1 is 1.09 bits per heavy atom. The zero-order valence-electron chi connectivity index (χ0n) is 12.4. The predicted octanol–water partition coefficient (Wildman–Crippen LogP) is 1.92. The Balaban J connectivity index is 1.46. The van der Waals surface area contributed by atoms with E-state index in [0.29, 0.717) is 5.56 Å². The number of nitrogens with zero attached hydrogens (tertiary/aromatic N) is 2. The van der Waals surface area contributed by atoms with E-state index in [4.69, 9.17) is 0 Å². The van der Waals surface area contributed by atoms with Crippen LogP contribution in [0.5, 0.6) is 5.75 Å². The van der Waals surface area contributed by atoms with Crippen LogP contribution in [-0.4, -0.2) is 28.1 Å². The molecule has 0 aromatic heterocycles. The average molecular weight is 308 g/mol. The van der Waals surface area contributed by atoms with Crippen LogP contribution in [-0.2, 0) is 9.59 Å². The smallest absolute Gasteiger partial charge is 0.254 e. The number of amides is 2. The number of phenolic OH excluding ortho intramolecular Hbond substituents is 1. The topological polar surface area (TPSA) is 70.0 Å². The number of hydrogen-bond donors (Lipinski definition) is 1. The average Bonchev–Trinajstić information content (AvgIpc) is 3.15. The van der Waals surface area contributed by atoms with Crippen LogP contribution in [0.15, 0.2) is 41.5 Å². The SMILES string of the molecule is O=C1[C@@H]2[C@@H](C(=O)N1/N=C/c1ccccc1O)[C@@H]1C=C[C@H]2C12CC2. The fourth-order valence-electron chi connectivity index (χ4n) is 4.89. The number of imide groups is 1. The summed E-state index contributed by atoms with van der Waals surface area (Å²) in [6.07, 6.45) is 7.92. The van der Waals surface area contributed by atoms with E-state index in [1.807, 2.05) is 0 Å². The summed E-state index contributed by atoms with van der Waals surface area (Å²) in [5.41, 5.74) is 0.693. The molecule has 2 bridgehead atoms. The fourth-order valence-corrected chi connectivity index (χ4v) is 4.89. The molecule has 2 saturated carbocycles. The Kier molecular flexibility index (Phi) is 2.33. The van der Waals surface area contributed by atoms with Crippen LogP contribution in [0.2, 0.25) is 0 Å². The van der Waals surface area contributed by atoms with Gasteiger partial charge < -0.3 is 5.11 Å². The lowest BCUT2D eigenvalue weighted by Gasteiger charge is -2.18. The van der Waals surface area contributed by atoms with Gasteiger partial charge in [0.2, 0.25) is 0 Å². The van der Waals surface area contributed by atoms with Crippen molar-refractivity contribution in [1.29, 1.82) is 0 Å². The summed E-state index contributed by atoms with van der Waals surface area (Å²) in [5, 5.41) is 14.9. The summed E-state index contributed by atoms with van der Waals surface area (Å²) in [4.78, 5) is 25.4. The third-order valence-corrected chi connectivity index (χ3v) is 6.08. The van der Waals surface area contributed by atoms with Crippen molar-refractivity contribution in [3.8, 4) is 5.75 Å². The second kappa shape index (κ2) is 4.10. The molecule has 2 amide bonds. The van der Waals surface area contributed by atoms with Crippen LogP contribution >= 0.6 is 0 Å². The first-order valence-corrected chi connectivity index (χ1v) is 8.02. The van der Waals surface area contributed by atoms with Gasteiger partial charge in [-0.3, -0.25) is 9.59 Å². The van der Waals surface area contributed by atoms with E-state index < -0.39 is 0 Å². The van der Waals surface area contributed by atoms with E-state index in [0.717, 1.165) is 17.9 Å². The number of fused-ring (bicyclic) bond motifs is 3. The van der Waals surface area contributed by atoms with Crippen LogP contribution in [0.25, 0.3) is 0 Å². The standard InChI is InChI=1S/C18H16N2O3/c21-13-4-2-1-3-10(13)9-19-20-16(22)14-11-5-6-12(15(14)17(20)23)18(11)7-8-18/h1-6,9,11-12,14-15,21H,7-8H2/b19-9+/t11-,12+,14-,15-/m0/s1. The first-order chi connectivity index (χ1) is 11.1. The highest BCUT2D eigenvalue weighted by molar-refractivity contribution is 6.07. The number of carbonyl (C=O) groups is 2. The van der Waals surface area contributed by atoms with E-state index >= 15 is 0 Å². The van der Waals surface area contributed by atoms with Crippen molar-refractivity contribution in [1.82, 2.24) is 5.01 Å². The van der Waals surface area contributed by atoms with Gasteiger partial charge in [0.05, 0.1) is 18.1 Å². The van der Waals surface area contributed by atoms with Crippen LogP contribution in [0.4, 0.5) is 0 Å². The van der Waals surface area contributed by atoms with Crippen molar-refractivity contribution in [3.63, 3.8) is 0 Å². The zero-order chi connectivity index (χ0) is 15.8. The molecule has 1 saturated heterocycles. The zero-order valence-corrected chi connectivity index (χ0v) is 12.4. The Bertz CT molecular complexity index is 759. The summed E-state index contributed by atoms with van der Waals surface area (Å²) in [7, 11) is 0. The van der Waals surface area contributed by atoms with E-state index in [1.54, 1.807) is 24.3 Å². The highest BCUT2D eigenvalue weighted by Gasteiger charge is 2.73. The van der Waals surface area contributed by atoms with Crippen molar-refractivity contribution in [2.45, 2.75) is 12.8 Å². The number of phenols is 1. The molecule has 5 heteroatoms. The largest absolute Gasteiger partial charge is 0.507 e. The van der Waals surface area contributed by atoms with Gasteiger partial charge in [-0.15, -0.1) is 0 Å². The second-order valence-corrected chi connectivity index (χ2v) is 7.01. The van der Waals surface area contributed by atoms with E-state index in [2.05, 4.69) is 17.3 Å². The fraction of sp³-hybridized carbons (Fsp3) is 0.389. The molecule has 5 rings (SSSR count). The maximum absolute atomic E-state index is 12.7. The normalized spacial score (nSPS) is 35.7. The number of para-hydroxylation sites is 1. The molecule has 4 atom stereocenters. The minimum absolute atomic E-state index is 0.0780. The maximum Gasteiger partial charge on any atom is 0.254 e. The quantitative estimate of drug-likeness (QED) is 0.515. The molecule has 3 fully saturated rings. The molecule has 1 heterocycles. The van der Waals surface area contributed by atoms with Gasteiger partial charge in [0.25, 0.3) is 11.8 Å². The van der Waals surface area contributed by atoms with Crippen molar-refractivity contribution < 1.29 is 14.7 Å². The van der Waals surface area contributed by atoms with Crippen LogP contribution < -0.4 is 0 Å². The molecule has 1 spiro atoms. The van der Waals surface area contributed by atoms with Crippen LogP contribution in [0.3, 0.4) is 0 Å². The molecule has 3 aliphatic carbocycles. The number of hydrazone groups is 1. The lowest BCUT2D eigenvalue weighted by Crippen LogP contribution is -2.30. The first kappa shape index (κ1) is 13.0. The summed E-state index contributed by atoms with van der Waals surface area (Å²) in [6.45, 7) is 0. The summed E-state index contributed by atoms with van der Waals surface area (Å²) in [6, 6.07) is 6.71. The number of benzene rings is 1. The number of aromatic hydroxyl groups is 1. The summed E-state index contributed by atoms with van der Waals surface area (Å²) >= 11 is 0. The molecule has 0 unspecified atom stereocenters. The third-order valence-electron chi connectivity index (χ3n) is 6.08. The Morgan fingerprint density at radius 2 is 1.70 bits per heavy atom. The third kappa shape index (κ3) is 1.49. The molecule has 1 aromatic rings. The molecule has 4 aliphatic rings. The Hall–Kier alpha value is -2.43. The van der Waals surface area contributed by atoms with Gasteiger partial charge in [0.15, 0.2) is 0 Å². The molecule has 1 aromatic carbocycles. The van der Waals surface area contributed by atoms with Crippen molar-refractivity contribution in [2.75, 3.05) is 0 Å². The van der Waals surface area contributed by atoms with Gasteiger partial charge in [-0.25, -0.2) is 0 Å². The number of hydrogen-bond acceptors (Lipinski definition) is 4. The number of carbonyl (C=O) groups excluding carboxylic acids is 2.